The number of rotatable bonds is 2. The molecular formula is C17H17F2N3O. The van der Waals surface area contributed by atoms with Gasteiger partial charge in [0, 0.05) is 17.9 Å². The fourth-order valence-corrected chi connectivity index (χ4v) is 3.72. The number of nitrogens with one attached hydrogen (secondary N) is 1. The van der Waals surface area contributed by atoms with Crippen molar-refractivity contribution in [3.8, 4) is 0 Å². The van der Waals surface area contributed by atoms with Crippen molar-refractivity contribution < 1.29 is 13.6 Å². The van der Waals surface area contributed by atoms with E-state index < -0.39 is 17.6 Å². The first kappa shape index (κ1) is 14.4. The van der Waals surface area contributed by atoms with Crippen LogP contribution in [0.25, 0.3) is 0 Å². The summed E-state index contributed by atoms with van der Waals surface area (Å²) in [7, 11) is 0. The maximum absolute atomic E-state index is 14.2. The molecule has 1 atom stereocenters. The summed E-state index contributed by atoms with van der Waals surface area (Å²) in [5.74, 6) is -1.04. The summed E-state index contributed by atoms with van der Waals surface area (Å²) in [6.45, 7) is 0. The summed E-state index contributed by atoms with van der Waals surface area (Å²) < 4.78 is 29.5. The maximum Gasteiger partial charge on any atom is 0.226 e. The van der Waals surface area contributed by atoms with Gasteiger partial charge in [-0.25, -0.2) is 13.5 Å². The van der Waals surface area contributed by atoms with Gasteiger partial charge in [0.25, 0.3) is 0 Å². The Morgan fingerprint density at radius 1 is 1.17 bits per heavy atom. The van der Waals surface area contributed by atoms with E-state index in [0.29, 0.717) is 5.82 Å². The first-order valence-corrected chi connectivity index (χ1v) is 7.95. The predicted octanol–water partition coefficient (Wildman–Crippen LogP) is 3.75. The molecule has 0 radical (unpaired) electrons. The average molecular weight is 317 g/mol. The molecule has 4 nitrogen and oxygen atoms in total. The summed E-state index contributed by atoms with van der Waals surface area (Å²) in [5.41, 5.74) is 0.980. The van der Waals surface area contributed by atoms with Crippen molar-refractivity contribution in [3.63, 3.8) is 0 Å². The fourth-order valence-electron chi connectivity index (χ4n) is 3.72. The molecule has 0 saturated heterocycles. The van der Waals surface area contributed by atoms with Gasteiger partial charge < -0.3 is 5.32 Å². The zero-order chi connectivity index (χ0) is 16.0. The van der Waals surface area contributed by atoms with Gasteiger partial charge in [-0.2, -0.15) is 5.10 Å². The zero-order valence-electron chi connectivity index (χ0n) is 12.6. The fraction of sp³-hybridized carbons (Fsp3) is 0.412. The van der Waals surface area contributed by atoms with Crippen molar-refractivity contribution in [2.75, 3.05) is 5.32 Å². The Hall–Kier alpha value is -2.24. The molecule has 2 heterocycles. The average Bonchev–Trinajstić information content (AvgIpc) is 3.17. The number of nitrogens with zero attached hydrogens (tertiary/aromatic N) is 2. The molecule has 4 rings (SSSR count). The lowest BCUT2D eigenvalue weighted by molar-refractivity contribution is -0.116. The van der Waals surface area contributed by atoms with Crippen molar-refractivity contribution in [1.82, 2.24) is 9.78 Å². The summed E-state index contributed by atoms with van der Waals surface area (Å²) in [6.07, 6.45) is 6.14. The molecule has 1 aliphatic heterocycles. The molecule has 120 valence electrons. The van der Waals surface area contributed by atoms with Crippen molar-refractivity contribution in [2.45, 2.75) is 44.1 Å². The Kier molecular flexibility index (Phi) is 3.39. The van der Waals surface area contributed by atoms with E-state index in [0.717, 1.165) is 43.4 Å². The van der Waals surface area contributed by atoms with Crippen molar-refractivity contribution in [1.29, 1.82) is 0 Å². The Balaban J connectivity index is 1.79. The molecule has 1 aromatic heterocycles. The third-order valence-electron chi connectivity index (χ3n) is 4.85. The molecule has 1 N–H and O–H groups in total. The predicted molar refractivity (Wildman–Crippen MR) is 81.2 cm³/mol. The second-order valence-electron chi connectivity index (χ2n) is 6.30. The van der Waals surface area contributed by atoms with Crippen LogP contribution >= 0.6 is 0 Å². The van der Waals surface area contributed by atoms with Crippen LogP contribution in [0.1, 0.15) is 55.2 Å². The molecule has 23 heavy (non-hydrogen) atoms. The molecule has 6 heteroatoms. The number of hydrogen-bond donors (Lipinski definition) is 1. The van der Waals surface area contributed by atoms with E-state index in [4.69, 9.17) is 0 Å². The number of halogens is 2. The van der Waals surface area contributed by atoms with Crippen LogP contribution in [0.4, 0.5) is 14.6 Å². The molecule has 1 fully saturated rings. The summed E-state index contributed by atoms with van der Waals surface area (Å²) in [6, 6.07) is 3.65. The summed E-state index contributed by atoms with van der Waals surface area (Å²) in [5, 5.41) is 7.29. The highest BCUT2D eigenvalue weighted by molar-refractivity contribution is 5.94. The molecule has 1 aromatic carbocycles. The van der Waals surface area contributed by atoms with Crippen molar-refractivity contribution in [2.24, 2.45) is 0 Å². The number of carbonyl (C=O) groups is 1. The molecule has 0 bridgehead atoms. The third kappa shape index (κ3) is 2.42. The van der Waals surface area contributed by atoms with Gasteiger partial charge in [-0.15, -0.1) is 0 Å². The number of benzene rings is 1. The standard InChI is InChI=1S/C17H17F2N3O/c18-10-5-6-15(19)13(7-10)12-8-16(23)21-17-14(12)9-20-22(17)11-3-1-2-4-11/h5-7,9,11-12H,1-4,8H2,(H,21,23). The molecule has 2 aromatic rings. The number of hydrogen-bond acceptors (Lipinski definition) is 2. The monoisotopic (exact) mass is 317 g/mol. The lowest BCUT2D eigenvalue weighted by Gasteiger charge is -2.25. The molecule has 0 spiro atoms. The van der Waals surface area contributed by atoms with Gasteiger partial charge in [-0.05, 0) is 36.6 Å². The molecule has 2 aliphatic rings. The van der Waals surface area contributed by atoms with Crippen LogP contribution in [0, 0.1) is 11.6 Å². The maximum atomic E-state index is 14.2. The first-order chi connectivity index (χ1) is 11.1. The second-order valence-corrected chi connectivity index (χ2v) is 6.30. The molecule has 1 unspecified atom stereocenters. The SMILES string of the molecule is O=C1CC(c2cc(F)ccc2F)c2cnn(C3CCCC3)c2N1. The van der Waals surface area contributed by atoms with Crippen LogP contribution < -0.4 is 5.32 Å². The van der Waals surface area contributed by atoms with Crippen LogP contribution in [0.2, 0.25) is 0 Å². The van der Waals surface area contributed by atoms with E-state index in [1.807, 2.05) is 4.68 Å². The highest BCUT2D eigenvalue weighted by Gasteiger charge is 2.33. The zero-order valence-corrected chi connectivity index (χ0v) is 12.6. The number of amides is 1. The van der Waals surface area contributed by atoms with Crippen molar-refractivity contribution >= 4 is 11.7 Å². The van der Waals surface area contributed by atoms with Crippen molar-refractivity contribution in [3.05, 3.63) is 47.2 Å². The minimum Gasteiger partial charge on any atom is -0.311 e. The normalized spacial score (nSPS) is 21.3. The van der Waals surface area contributed by atoms with E-state index in [2.05, 4.69) is 10.4 Å². The van der Waals surface area contributed by atoms with Crippen LogP contribution in [0.3, 0.4) is 0 Å². The van der Waals surface area contributed by atoms with Crippen LogP contribution in [-0.2, 0) is 4.79 Å². The summed E-state index contributed by atoms with van der Waals surface area (Å²) >= 11 is 0. The van der Waals surface area contributed by atoms with E-state index in [1.165, 1.54) is 6.07 Å². The van der Waals surface area contributed by atoms with Gasteiger partial charge >= 0.3 is 0 Å². The molecular weight excluding hydrogens is 300 g/mol. The van der Waals surface area contributed by atoms with Gasteiger partial charge in [0.2, 0.25) is 5.91 Å². The van der Waals surface area contributed by atoms with E-state index in [1.54, 1.807) is 6.20 Å². The smallest absolute Gasteiger partial charge is 0.226 e. The molecule has 1 aliphatic carbocycles. The number of aromatic nitrogens is 2. The lowest BCUT2D eigenvalue weighted by Crippen LogP contribution is -2.26. The van der Waals surface area contributed by atoms with Gasteiger partial charge in [0.15, 0.2) is 0 Å². The number of fused-ring (bicyclic) bond motifs is 1. The quantitative estimate of drug-likeness (QED) is 0.917. The van der Waals surface area contributed by atoms with Gasteiger partial charge in [0.05, 0.1) is 12.2 Å². The van der Waals surface area contributed by atoms with Gasteiger partial charge in [-0.3, -0.25) is 4.79 Å². The minimum atomic E-state index is -0.503. The van der Waals surface area contributed by atoms with Crippen LogP contribution in [0.15, 0.2) is 24.4 Å². The highest BCUT2D eigenvalue weighted by Crippen LogP contribution is 2.41. The number of carbonyl (C=O) groups excluding carboxylic acids is 1. The Morgan fingerprint density at radius 3 is 2.74 bits per heavy atom. The first-order valence-electron chi connectivity index (χ1n) is 7.95. The summed E-state index contributed by atoms with van der Waals surface area (Å²) in [4.78, 5) is 12.1. The second kappa shape index (κ2) is 5.44. The van der Waals surface area contributed by atoms with Crippen LogP contribution in [0.5, 0.6) is 0 Å². The Bertz CT molecular complexity index is 765. The Morgan fingerprint density at radius 2 is 1.96 bits per heavy atom. The molecule has 1 saturated carbocycles. The highest BCUT2D eigenvalue weighted by atomic mass is 19.1. The van der Waals surface area contributed by atoms with Gasteiger partial charge in [0.1, 0.15) is 17.5 Å². The lowest BCUT2D eigenvalue weighted by atomic mass is 9.87. The van der Waals surface area contributed by atoms with E-state index >= 15 is 0 Å². The van der Waals surface area contributed by atoms with E-state index in [9.17, 15) is 13.6 Å². The topological polar surface area (TPSA) is 46.9 Å². The third-order valence-corrected chi connectivity index (χ3v) is 4.85. The van der Waals surface area contributed by atoms with Crippen LogP contribution in [-0.4, -0.2) is 15.7 Å². The number of anilines is 1. The van der Waals surface area contributed by atoms with Gasteiger partial charge in [-0.1, -0.05) is 12.8 Å². The Labute approximate surface area is 132 Å². The largest absolute Gasteiger partial charge is 0.311 e. The minimum absolute atomic E-state index is 0.101. The molecule has 1 amide bonds. The van der Waals surface area contributed by atoms with E-state index in [-0.39, 0.29) is 23.9 Å².